The van der Waals surface area contributed by atoms with Crippen molar-refractivity contribution in [1.29, 1.82) is 0 Å². The summed E-state index contributed by atoms with van der Waals surface area (Å²) in [5, 5.41) is 0. The molecular weight excluding hydrogens is 317 g/mol. The zero-order valence-corrected chi connectivity index (χ0v) is 14.6. The lowest BCUT2D eigenvalue weighted by Gasteiger charge is -2.42. The van der Waals surface area contributed by atoms with Crippen LogP contribution < -0.4 is 0 Å². The van der Waals surface area contributed by atoms with Crippen LogP contribution >= 0.6 is 0 Å². The number of alkyl halides is 3. The van der Waals surface area contributed by atoms with E-state index in [9.17, 15) is 13.2 Å². The van der Waals surface area contributed by atoms with Crippen molar-refractivity contribution < 1.29 is 22.6 Å². The third kappa shape index (κ3) is 2.53. The minimum atomic E-state index is -4.35. The first kappa shape index (κ1) is 17.1. The molecule has 8 atom stereocenters. The number of rotatable bonds is 6. The van der Waals surface area contributed by atoms with Gasteiger partial charge in [-0.05, 0) is 93.8 Å². The summed E-state index contributed by atoms with van der Waals surface area (Å²) in [5.74, 6) is 4.61. The van der Waals surface area contributed by atoms with Crippen LogP contribution in [0.15, 0.2) is 0 Å². The molecule has 0 aromatic heterocycles. The predicted octanol–water partition coefficient (Wildman–Crippen LogP) is 5.03. The molecule has 4 aliphatic rings. The first-order valence-electron chi connectivity index (χ1n) is 9.62. The maximum absolute atomic E-state index is 13.7. The van der Waals surface area contributed by atoms with Crippen molar-refractivity contribution in [3.05, 3.63) is 0 Å². The Morgan fingerprint density at radius 3 is 2.33 bits per heavy atom. The van der Waals surface area contributed by atoms with Gasteiger partial charge in [0.15, 0.2) is 5.60 Å². The molecule has 0 N–H and O–H groups in total. The van der Waals surface area contributed by atoms with Crippen LogP contribution in [-0.2, 0) is 9.47 Å². The molecule has 138 valence electrons. The molecule has 0 heterocycles. The van der Waals surface area contributed by atoms with E-state index in [-0.39, 0.29) is 19.1 Å². The van der Waals surface area contributed by atoms with E-state index in [0.29, 0.717) is 18.4 Å². The van der Waals surface area contributed by atoms with Crippen molar-refractivity contribution in [2.24, 2.45) is 41.4 Å². The minimum Gasteiger partial charge on any atom is -0.356 e. The highest BCUT2D eigenvalue weighted by molar-refractivity contribution is 5.11. The summed E-state index contributed by atoms with van der Waals surface area (Å²) in [6, 6.07) is 0. The average Bonchev–Trinajstić information content (AvgIpc) is 3.25. The standard InChI is InChI=1S/C19H29F3O2/c1-3-23-10-24-18(2,19(20,21)22)9-14-7-13-8-15(14)17-12-5-4-11(6-12)16(13)17/h11-17H,3-10H2,1-2H3. The Balaban J connectivity index is 1.46. The SMILES string of the molecule is CCOCOC(C)(CC1CC2CC1C1C3CCC(C3)C21)C(F)(F)F. The molecule has 24 heavy (non-hydrogen) atoms. The quantitative estimate of drug-likeness (QED) is 0.382. The lowest BCUT2D eigenvalue weighted by atomic mass is 9.65. The number of ether oxygens (including phenoxy) is 2. The zero-order chi connectivity index (χ0) is 17.1. The van der Waals surface area contributed by atoms with Gasteiger partial charge >= 0.3 is 6.18 Å². The zero-order valence-electron chi connectivity index (χ0n) is 14.6. The van der Waals surface area contributed by atoms with Gasteiger partial charge < -0.3 is 9.47 Å². The van der Waals surface area contributed by atoms with E-state index in [1.54, 1.807) is 6.92 Å². The number of hydrogen-bond donors (Lipinski definition) is 0. The van der Waals surface area contributed by atoms with Gasteiger partial charge in [0.2, 0.25) is 0 Å². The Kier molecular flexibility index (Phi) is 4.19. The van der Waals surface area contributed by atoms with Crippen LogP contribution in [0.4, 0.5) is 13.2 Å². The molecule has 2 nitrogen and oxygen atoms in total. The van der Waals surface area contributed by atoms with E-state index < -0.39 is 11.8 Å². The maximum Gasteiger partial charge on any atom is 0.417 e. The fourth-order valence-electron chi connectivity index (χ4n) is 6.95. The second-order valence-electron chi connectivity index (χ2n) is 8.83. The van der Waals surface area contributed by atoms with Gasteiger partial charge in [-0.2, -0.15) is 13.2 Å². The summed E-state index contributed by atoms with van der Waals surface area (Å²) in [6.45, 7) is 3.08. The van der Waals surface area contributed by atoms with Gasteiger partial charge in [-0.3, -0.25) is 0 Å². The van der Waals surface area contributed by atoms with Gasteiger partial charge in [0, 0.05) is 6.61 Å². The fraction of sp³-hybridized carbons (Fsp3) is 1.00. The average molecular weight is 346 g/mol. The highest BCUT2D eigenvalue weighted by Gasteiger charge is 2.64. The summed E-state index contributed by atoms with van der Waals surface area (Å²) >= 11 is 0. The van der Waals surface area contributed by atoms with E-state index in [0.717, 1.165) is 30.1 Å². The smallest absolute Gasteiger partial charge is 0.356 e. The van der Waals surface area contributed by atoms with Crippen LogP contribution in [0, 0.1) is 41.4 Å². The van der Waals surface area contributed by atoms with Gasteiger partial charge in [-0.25, -0.2) is 0 Å². The molecular formula is C19H29F3O2. The summed E-state index contributed by atoms with van der Waals surface area (Å²) in [7, 11) is 0. The molecule has 4 saturated carbocycles. The topological polar surface area (TPSA) is 18.5 Å². The van der Waals surface area contributed by atoms with Gasteiger partial charge in [0.05, 0.1) is 0 Å². The third-order valence-corrected chi connectivity index (χ3v) is 7.79. The summed E-state index contributed by atoms with van der Waals surface area (Å²) in [4.78, 5) is 0. The van der Waals surface area contributed by atoms with Crippen LogP contribution in [0.1, 0.15) is 52.4 Å². The molecule has 0 saturated heterocycles. The van der Waals surface area contributed by atoms with Crippen LogP contribution in [0.2, 0.25) is 0 Å². The Bertz CT molecular complexity index is 480. The van der Waals surface area contributed by atoms with Crippen molar-refractivity contribution in [3.63, 3.8) is 0 Å². The highest BCUT2D eigenvalue weighted by atomic mass is 19.4. The van der Waals surface area contributed by atoms with Crippen LogP contribution in [-0.4, -0.2) is 25.2 Å². The molecule has 0 amide bonds. The number of hydrogen-bond acceptors (Lipinski definition) is 2. The van der Waals surface area contributed by atoms with Gasteiger partial charge in [0.25, 0.3) is 0 Å². The third-order valence-electron chi connectivity index (χ3n) is 7.79. The Labute approximate surface area is 142 Å². The first-order chi connectivity index (χ1) is 11.3. The largest absolute Gasteiger partial charge is 0.417 e. The number of halogens is 3. The van der Waals surface area contributed by atoms with Crippen molar-refractivity contribution in [2.75, 3.05) is 13.4 Å². The predicted molar refractivity (Wildman–Crippen MR) is 84.2 cm³/mol. The fourth-order valence-corrected chi connectivity index (χ4v) is 6.95. The molecule has 4 fully saturated rings. The van der Waals surface area contributed by atoms with E-state index >= 15 is 0 Å². The van der Waals surface area contributed by atoms with E-state index in [4.69, 9.17) is 9.47 Å². The Morgan fingerprint density at radius 2 is 1.67 bits per heavy atom. The molecule has 0 spiro atoms. The molecule has 4 bridgehead atoms. The van der Waals surface area contributed by atoms with Crippen molar-refractivity contribution >= 4 is 0 Å². The van der Waals surface area contributed by atoms with Crippen molar-refractivity contribution in [1.82, 2.24) is 0 Å². The summed E-state index contributed by atoms with van der Waals surface area (Å²) < 4.78 is 51.3. The Hall–Kier alpha value is -0.290. The molecule has 0 aromatic carbocycles. The minimum absolute atomic E-state index is 0.103. The highest BCUT2D eigenvalue weighted by Crippen LogP contribution is 2.69. The molecule has 8 unspecified atom stereocenters. The molecule has 5 heteroatoms. The molecule has 0 radical (unpaired) electrons. The van der Waals surface area contributed by atoms with Crippen molar-refractivity contribution in [2.45, 2.75) is 64.1 Å². The van der Waals surface area contributed by atoms with Crippen LogP contribution in [0.25, 0.3) is 0 Å². The molecule has 0 aliphatic heterocycles. The number of fused-ring (bicyclic) bond motifs is 9. The molecule has 4 rings (SSSR count). The van der Waals surface area contributed by atoms with E-state index in [1.807, 2.05) is 0 Å². The van der Waals surface area contributed by atoms with Gasteiger partial charge in [-0.1, -0.05) is 0 Å². The lowest BCUT2D eigenvalue weighted by Crippen LogP contribution is -2.48. The molecule has 4 aliphatic carbocycles. The summed E-state index contributed by atoms with van der Waals surface area (Å²) in [5.41, 5.74) is -2.08. The first-order valence-corrected chi connectivity index (χ1v) is 9.62. The lowest BCUT2D eigenvalue weighted by molar-refractivity contribution is -0.298. The monoisotopic (exact) mass is 346 g/mol. The van der Waals surface area contributed by atoms with Gasteiger partial charge in [0.1, 0.15) is 6.79 Å². The van der Waals surface area contributed by atoms with E-state index in [1.165, 1.54) is 32.6 Å². The molecule has 0 aromatic rings. The maximum atomic E-state index is 13.7. The normalized spacial score (nSPS) is 45.6. The van der Waals surface area contributed by atoms with E-state index in [2.05, 4.69) is 0 Å². The summed E-state index contributed by atoms with van der Waals surface area (Å²) in [6.07, 6.45) is 1.96. The second kappa shape index (κ2) is 5.87. The van der Waals surface area contributed by atoms with Crippen LogP contribution in [0.3, 0.4) is 0 Å². The second-order valence-corrected chi connectivity index (χ2v) is 8.83. The Morgan fingerprint density at radius 1 is 0.958 bits per heavy atom. The van der Waals surface area contributed by atoms with Crippen LogP contribution in [0.5, 0.6) is 0 Å². The van der Waals surface area contributed by atoms with Gasteiger partial charge in [-0.15, -0.1) is 0 Å². The van der Waals surface area contributed by atoms with Crippen molar-refractivity contribution in [3.8, 4) is 0 Å².